The second-order valence-electron chi connectivity index (χ2n) is 4.85. The summed E-state index contributed by atoms with van der Waals surface area (Å²) in [6.07, 6.45) is 4.03. The molecule has 0 saturated heterocycles. The van der Waals surface area contributed by atoms with E-state index in [1.165, 1.54) is 6.42 Å². The lowest BCUT2D eigenvalue weighted by Gasteiger charge is -2.28. The van der Waals surface area contributed by atoms with Crippen LogP contribution in [0.4, 0.5) is 11.4 Å². The van der Waals surface area contributed by atoms with Crippen molar-refractivity contribution >= 4 is 34.6 Å². The van der Waals surface area contributed by atoms with Crippen LogP contribution < -0.4 is 11.1 Å². The Balaban J connectivity index is 1.99. The van der Waals surface area contributed by atoms with Gasteiger partial charge >= 0.3 is 0 Å². The quantitative estimate of drug-likeness (QED) is 0.746. The van der Waals surface area contributed by atoms with Crippen molar-refractivity contribution in [3.8, 4) is 0 Å². The lowest BCUT2D eigenvalue weighted by molar-refractivity contribution is 0.0763. The third-order valence-electron chi connectivity index (χ3n) is 3.52. The van der Waals surface area contributed by atoms with Crippen LogP contribution in [0.25, 0.3) is 0 Å². The van der Waals surface area contributed by atoms with E-state index in [1.807, 2.05) is 0 Å². The molecule has 0 spiro atoms. The van der Waals surface area contributed by atoms with Crippen molar-refractivity contribution < 1.29 is 5.11 Å². The smallest absolute Gasteiger partial charge is 0.0614 e. The minimum absolute atomic E-state index is 0.213. The first-order chi connectivity index (χ1) is 8.58. The van der Waals surface area contributed by atoms with E-state index in [9.17, 15) is 5.11 Å². The van der Waals surface area contributed by atoms with E-state index in [1.54, 1.807) is 12.1 Å². The van der Waals surface area contributed by atoms with Crippen molar-refractivity contribution in [3.05, 3.63) is 22.2 Å². The fraction of sp³-hybridized carbons (Fsp3) is 0.538. The monoisotopic (exact) mass is 288 g/mol. The number of halogens is 2. The molecule has 3 nitrogen and oxygen atoms in total. The van der Waals surface area contributed by atoms with E-state index in [4.69, 9.17) is 28.9 Å². The SMILES string of the molecule is Nc1cc(Cl)c(Cl)cc1NCC1CCCCC1O. The number of hydrogen-bond acceptors (Lipinski definition) is 3. The average Bonchev–Trinajstić information content (AvgIpc) is 2.34. The first kappa shape index (κ1) is 13.8. The highest BCUT2D eigenvalue weighted by molar-refractivity contribution is 6.42. The molecule has 0 heterocycles. The minimum Gasteiger partial charge on any atom is -0.397 e. The Labute approximate surface area is 117 Å². The Morgan fingerprint density at radius 1 is 1.22 bits per heavy atom. The molecule has 1 aromatic carbocycles. The van der Waals surface area contributed by atoms with E-state index < -0.39 is 0 Å². The maximum Gasteiger partial charge on any atom is 0.0614 e. The second-order valence-corrected chi connectivity index (χ2v) is 5.66. The molecule has 100 valence electrons. The Morgan fingerprint density at radius 2 is 1.89 bits per heavy atom. The summed E-state index contributed by atoms with van der Waals surface area (Å²) in [5, 5.41) is 14.1. The van der Waals surface area contributed by atoms with Crippen LogP contribution in [0.5, 0.6) is 0 Å². The summed E-state index contributed by atoms with van der Waals surface area (Å²) >= 11 is 11.8. The van der Waals surface area contributed by atoms with Gasteiger partial charge in [-0.1, -0.05) is 36.0 Å². The molecule has 0 bridgehead atoms. The van der Waals surface area contributed by atoms with Crippen molar-refractivity contribution in [1.82, 2.24) is 0 Å². The lowest BCUT2D eigenvalue weighted by Crippen LogP contribution is -2.30. The van der Waals surface area contributed by atoms with E-state index in [-0.39, 0.29) is 12.0 Å². The molecular formula is C13H18Cl2N2O. The van der Waals surface area contributed by atoms with Gasteiger partial charge in [0.05, 0.1) is 27.5 Å². The topological polar surface area (TPSA) is 58.3 Å². The molecule has 4 N–H and O–H groups in total. The van der Waals surface area contributed by atoms with Gasteiger partial charge in [0.25, 0.3) is 0 Å². The predicted octanol–water partition coefficient (Wildman–Crippen LogP) is 3.54. The fourth-order valence-electron chi connectivity index (χ4n) is 2.38. The molecule has 0 aliphatic heterocycles. The third kappa shape index (κ3) is 3.22. The van der Waals surface area contributed by atoms with E-state index >= 15 is 0 Å². The number of nitrogens with two attached hydrogens (primary N) is 1. The molecule has 5 heteroatoms. The summed E-state index contributed by atoms with van der Waals surface area (Å²) < 4.78 is 0. The number of anilines is 2. The van der Waals surface area contributed by atoms with E-state index in [2.05, 4.69) is 5.32 Å². The largest absolute Gasteiger partial charge is 0.397 e. The van der Waals surface area contributed by atoms with Crippen LogP contribution in [0.15, 0.2) is 12.1 Å². The van der Waals surface area contributed by atoms with Gasteiger partial charge in [-0.15, -0.1) is 0 Å². The molecule has 2 unspecified atom stereocenters. The molecule has 2 atom stereocenters. The molecule has 2 rings (SSSR count). The van der Waals surface area contributed by atoms with Crippen molar-refractivity contribution in [2.45, 2.75) is 31.8 Å². The van der Waals surface area contributed by atoms with Crippen molar-refractivity contribution in [2.24, 2.45) is 5.92 Å². The minimum atomic E-state index is -0.213. The summed E-state index contributed by atoms with van der Waals surface area (Å²) in [6, 6.07) is 3.37. The summed E-state index contributed by atoms with van der Waals surface area (Å²) in [5.74, 6) is 0.285. The van der Waals surface area contributed by atoms with E-state index in [0.717, 1.165) is 24.9 Å². The molecule has 1 aliphatic rings. The Morgan fingerprint density at radius 3 is 2.61 bits per heavy atom. The van der Waals surface area contributed by atoms with Gasteiger partial charge in [0.15, 0.2) is 0 Å². The lowest BCUT2D eigenvalue weighted by atomic mass is 9.86. The van der Waals surface area contributed by atoms with E-state index in [0.29, 0.717) is 22.3 Å². The highest BCUT2D eigenvalue weighted by atomic mass is 35.5. The first-order valence-corrected chi connectivity index (χ1v) is 7.00. The van der Waals surface area contributed by atoms with Crippen LogP contribution in [-0.4, -0.2) is 17.8 Å². The van der Waals surface area contributed by atoms with Crippen molar-refractivity contribution in [2.75, 3.05) is 17.6 Å². The number of rotatable bonds is 3. The summed E-state index contributed by atoms with van der Waals surface area (Å²) in [5.41, 5.74) is 7.23. The number of nitrogen functional groups attached to an aromatic ring is 1. The van der Waals surface area contributed by atoms with Gasteiger partial charge in [0.2, 0.25) is 0 Å². The van der Waals surface area contributed by atoms with Gasteiger partial charge in [-0.3, -0.25) is 0 Å². The van der Waals surface area contributed by atoms with Crippen LogP contribution in [0.2, 0.25) is 10.0 Å². The molecule has 1 aliphatic carbocycles. The fourth-order valence-corrected chi connectivity index (χ4v) is 2.72. The molecule has 18 heavy (non-hydrogen) atoms. The number of nitrogens with one attached hydrogen (secondary N) is 1. The molecule has 0 radical (unpaired) electrons. The van der Waals surface area contributed by atoms with Gasteiger partial charge in [0.1, 0.15) is 0 Å². The van der Waals surface area contributed by atoms with Crippen molar-refractivity contribution in [1.29, 1.82) is 0 Å². The van der Waals surface area contributed by atoms with Crippen molar-refractivity contribution in [3.63, 3.8) is 0 Å². The Bertz CT molecular complexity index is 426. The molecule has 1 fully saturated rings. The Kier molecular flexibility index (Phi) is 4.60. The number of aliphatic hydroxyl groups is 1. The van der Waals surface area contributed by atoms with Crippen LogP contribution >= 0.6 is 23.2 Å². The van der Waals surface area contributed by atoms with Crippen LogP contribution in [-0.2, 0) is 0 Å². The molecule has 0 amide bonds. The maximum absolute atomic E-state index is 9.90. The zero-order chi connectivity index (χ0) is 13.1. The number of aliphatic hydroxyl groups excluding tert-OH is 1. The number of benzene rings is 1. The highest BCUT2D eigenvalue weighted by Gasteiger charge is 2.22. The van der Waals surface area contributed by atoms with Gasteiger partial charge in [-0.05, 0) is 25.0 Å². The maximum atomic E-state index is 9.90. The molecule has 1 saturated carbocycles. The molecule has 1 aromatic rings. The molecule has 0 aromatic heterocycles. The van der Waals surface area contributed by atoms with Gasteiger partial charge in [-0.25, -0.2) is 0 Å². The standard InChI is InChI=1S/C13H18Cl2N2O/c14-9-5-11(16)12(6-10(9)15)17-7-8-3-1-2-4-13(8)18/h5-6,8,13,17-18H,1-4,7,16H2. The van der Waals surface area contributed by atoms with Crippen LogP contribution in [0.1, 0.15) is 25.7 Å². The second kappa shape index (κ2) is 6.00. The summed E-state index contributed by atoms with van der Waals surface area (Å²) in [4.78, 5) is 0. The van der Waals surface area contributed by atoms with Crippen LogP contribution in [0.3, 0.4) is 0 Å². The average molecular weight is 289 g/mol. The zero-order valence-electron chi connectivity index (χ0n) is 10.1. The predicted molar refractivity (Wildman–Crippen MR) is 77.3 cm³/mol. The van der Waals surface area contributed by atoms with Crippen LogP contribution in [0, 0.1) is 5.92 Å². The Hall–Kier alpha value is -0.640. The summed E-state index contributed by atoms with van der Waals surface area (Å²) in [7, 11) is 0. The highest BCUT2D eigenvalue weighted by Crippen LogP contribution is 2.31. The first-order valence-electron chi connectivity index (χ1n) is 6.24. The third-order valence-corrected chi connectivity index (χ3v) is 4.24. The zero-order valence-corrected chi connectivity index (χ0v) is 11.6. The van der Waals surface area contributed by atoms with Gasteiger partial charge in [-0.2, -0.15) is 0 Å². The normalized spacial score (nSPS) is 23.9. The van der Waals surface area contributed by atoms with Gasteiger partial charge < -0.3 is 16.2 Å². The summed E-state index contributed by atoms with van der Waals surface area (Å²) in [6.45, 7) is 0.712. The van der Waals surface area contributed by atoms with Gasteiger partial charge in [0, 0.05) is 12.5 Å². The molecular weight excluding hydrogens is 271 g/mol. The number of hydrogen-bond donors (Lipinski definition) is 3.